The lowest BCUT2D eigenvalue weighted by atomic mass is 9.97. The Kier molecular flexibility index (Phi) is 7.28. The van der Waals surface area contributed by atoms with E-state index in [1.54, 1.807) is 0 Å². The summed E-state index contributed by atoms with van der Waals surface area (Å²) in [6.07, 6.45) is 2.58. The average molecular weight is 497 g/mol. The van der Waals surface area contributed by atoms with Crippen molar-refractivity contribution in [2.75, 3.05) is 36.9 Å². The van der Waals surface area contributed by atoms with Crippen LogP contribution in [0.4, 0.5) is 17.3 Å². The van der Waals surface area contributed by atoms with Crippen molar-refractivity contribution in [2.45, 2.75) is 33.6 Å². The Hall–Kier alpha value is -4.04. The zero-order valence-corrected chi connectivity index (χ0v) is 21.5. The Morgan fingerprint density at radius 1 is 0.946 bits per heavy atom. The van der Waals surface area contributed by atoms with Crippen LogP contribution in [0.25, 0.3) is 22.2 Å². The van der Waals surface area contributed by atoms with Gasteiger partial charge in [-0.05, 0) is 111 Å². The Bertz CT molecular complexity index is 1410. The van der Waals surface area contributed by atoms with Crippen LogP contribution in [-0.2, 0) is 4.79 Å². The fourth-order valence-corrected chi connectivity index (χ4v) is 4.70. The lowest BCUT2D eigenvalue weighted by Gasteiger charge is -2.15. The number of fused-ring (bicyclic) bond motifs is 1. The summed E-state index contributed by atoms with van der Waals surface area (Å²) in [5.41, 5.74) is 7.28. The van der Waals surface area contributed by atoms with Crippen LogP contribution in [0.15, 0.2) is 54.6 Å². The molecule has 1 aromatic heterocycles. The second-order valence-electron chi connectivity index (χ2n) is 9.55. The number of hydrogen-bond acceptors (Lipinski definition) is 7. The van der Waals surface area contributed by atoms with Crippen LogP contribution in [0, 0.1) is 13.8 Å². The lowest BCUT2D eigenvalue weighted by molar-refractivity contribution is -0.114. The number of nitrogens with one attached hydrogen (secondary N) is 2. The number of aromatic nitrogens is 3. The zero-order valence-electron chi connectivity index (χ0n) is 21.5. The van der Waals surface area contributed by atoms with Crippen LogP contribution < -0.4 is 15.4 Å². The third-order valence-electron chi connectivity index (χ3n) is 6.60. The molecule has 0 bridgehead atoms. The van der Waals surface area contributed by atoms with Gasteiger partial charge < -0.3 is 15.4 Å². The molecule has 0 saturated carbocycles. The van der Waals surface area contributed by atoms with Crippen molar-refractivity contribution in [3.05, 3.63) is 65.7 Å². The van der Waals surface area contributed by atoms with Gasteiger partial charge in [0.1, 0.15) is 17.9 Å². The summed E-state index contributed by atoms with van der Waals surface area (Å²) in [5, 5.41) is 14.8. The summed E-state index contributed by atoms with van der Waals surface area (Å²) in [5.74, 6) is 1.19. The van der Waals surface area contributed by atoms with Gasteiger partial charge in [0.25, 0.3) is 0 Å². The highest BCUT2D eigenvalue weighted by Crippen LogP contribution is 2.30. The first-order valence-electron chi connectivity index (χ1n) is 12.7. The first kappa shape index (κ1) is 24.6. The quantitative estimate of drug-likeness (QED) is 0.333. The van der Waals surface area contributed by atoms with E-state index in [-0.39, 0.29) is 5.91 Å². The standard InChI is InChI=1S/C29H32N6O2/c1-19-6-7-24(30-21(3)36)18-26(19)22-16-20(2)28-27(17-22)33-34-29(32-28)31-23-8-10-25(11-9-23)37-15-14-35-12-4-5-13-35/h6-11,16-18H,4-5,12-15H2,1-3H3,(H,30,36)(H,31,32,34). The smallest absolute Gasteiger partial charge is 0.247 e. The van der Waals surface area contributed by atoms with Gasteiger partial charge in [-0.1, -0.05) is 6.07 Å². The van der Waals surface area contributed by atoms with Crippen LogP contribution in [0.5, 0.6) is 5.75 Å². The van der Waals surface area contributed by atoms with Gasteiger partial charge in [0.2, 0.25) is 11.9 Å². The number of benzene rings is 3. The highest BCUT2D eigenvalue weighted by molar-refractivity contribution is 5.91. The molecule has 1 amide bonds. The zero-order chi connectivity index (χ0) is 25.8. The number of carbonyl (C=O) groups excluding carboxylic acids is 1. The number of ether oxygens (including phenoxy) is 1. The molecule has 1 fully saturated rings. The number of anilines is 3. The van der Waals surface area contributed by atoms with Crippen molar-refractivity contribution in [3.63, 3.8) is 0 Å². The largest absolute Gasteiger partial charge is 0.492 e. The monoisotopic (exact) mass is 496 g/mol. The number of likely N-dealkylation sites (tertiary alicyclic amines) is 1. The predicted octanol–water partition coefficient (Wildman–Crippen LogP) is 5.49. The number of amides is 1. The molecular weight excluding hydrogens is 464 g/mol. The van der Waals surface area contributed by atoms with Crippen LogP contribution in [0.3, 0.4) is 0 Å². The molecule has 0 atom stereocenters. The van der Waals surface area contributed by atoms with E-state index in [0.29, 0.717) is 18.1 Å². The maximum absolute atomic E-state index is 11.5. The van der Waals surface area contributed by atoms with Gasteiger partial charge in [-0.15, -0.1) is 10.2 Å². The third kappa shape index (κ3) is 6.03. The molecule has 0 aliphatic carbocycles. The van der Waals surface area contributed by atoms with Crippen LogP contribution in [-0.4, -0.2) is 52.2 Å². The first-order valence-corrected chi connectivity index (χ1v) is 12.7. The first-order chi connectivity index (χ1) is 17.9. The van der Waals surface area contributed by atoms with Gasteiger partial charge in [-0.25, -0.2) is 4.98 Å². The van der Waals surface area contributed by atoms with Crippen molar-refractivity contribution >= 4 is 34.3 Å². The number of hydrogen-bond donors (Lipinski definition) is 2. The Labute approximate surface area is 217 Å². The fourth-order valence-electron chi connectivity index (χ4n) is 4.70. The van der Waals surface area contributed by atoms with Gasteiger partial charge in [0.15, 0.2) is 0 Å². The summed E-state index contributed by atoms with van der Waals surface area (Å²) in [4.78, 5) is 18.7. The van der Waals surface area contributed by atoms with Crippen LogP contribution in [0.1, 0.15) is 30.9 Å². The van der Waals surface area contributed by atoms with E-state index in [1.807, 2.05) is 62.4 Å². The lowest BCUT2D eigenvalue weighted by Crippen LogP contribution is -2.25. The van der Waals surface area contributed by atoms with Gasteiger partial charge >= 0.3 is 0 Å². The third-order valence-corrected chi connectivity index (χ3v) is 6.60. The molecule has 0 radical (unpaired) electrons. The number of carbonyl (C=O) groups is 1. The Balaban J connectivity index is 1.29. The van der Waals surface area contributed by atoms with Gasteiger partial charge in [-0.3, -0.25) is 9.69 Å². The molecule has 3 aromatic carbocycles. The maximum Gasteiger partial charge on any atom is 0.247 e. The summed E-state index contributed by atoms with van der Waals surface area (Å²) in [7, 11) is 0. The highest BCUT2D eigenvalue weighted by Gasteiger charge is 2.12. The van der Waals surface area contributed by atoms with Crippen molar-refractivity contribution in [1.29, 1.82) is 0 Å². The molecule has 2 heterocycles. The van der Waals surface area contributed by atoms with E-state index in [9.17, 15) is 4.79 Å². The van der Waals surface area contributed by atoms with Crippen LogP contribution >= 0.6 is 0 Å². The molecule has 1 aliphatic rings. The van der Waals surface area contributed by atoms with E-state index < -0.39 is 0 Å². The summed E-state index contributed by atoms with van der Waals surface area (Å²) < 4.78 is 5.90. The van der Waals surface area contributed by atoms with Gasteiger partial charge in [0.05, 0.1) is 5.52 Å². The van der Waals surface area contributed by atoms with E-state index >= 15 is 0 Å². The minimum absolute atomic E-state index is 0.0979. The summed E-state index contributed by atoms with van der Waals surface area (Å²) >= 11 is 0. The summed E-state index contributed by atoms with van der Waals surface area (Å²) in [6.45, 7) is 9.60. The second kappa shape index (κ2) is 10.9. The molecule has 0 unspecified atom stereocenters. The minimum Gasteiger partial charge on any atom is -0.492 e. The molecule has 1 saturated heterocycles. The second-order valence-corrected chi connectivity index (χ2v) is 9.55. The predicted molar refractivity (Wildman–Crippen MR) is 147 cm³/mol. The SMILES string of the molecule is CC(=O)Nc1ccc(C)c(-c2cc(C)c3nc(Nc4ccc(OCCN5CCCC5)cc4)nnc3c2)c1. The van der Waals surface area contributed by atoms with Crippen LogP contribution in [0.2, 0.25) is 0 Å². The van der Waals surface area contributed by atoms with Crippen molar-refractivity contribution < 1.29 is 9.53 Å². The molecule has 5 rings (SSSR count). The molecule has 2 N–H and O–H groups in total. The molecular formula is C29H32N6O2. The minimum atomic E-state index is -0.0979. The van der Waals surface area contributed by atoms with E-state index in [0.717, 1.165) is 51.4 Å². The number of rotatable bonds is 8. The fraction of sp³-hybridized carbons (Fsp3) is 0.310. The van der Waals surface area contributed by atoms with E-state index in [1.165, 1.54) is 32.9 Å². The van der Waals surface area contributed by atoms with E-state index in [2.05, 4.69) is 31.8 Å². The molecule has 1 aliphatic heterocycles. The molecule has 8 heteroatoms. The topological polar surface area (TPSA) is 92.3 Å². The molecule has 8 nitrogen and oxygen atoms in total. The normalized spacial score (nSPS) is 13.6. The Morgan fingerprint density at radius 3 is 2.46 bits per heavy atom. The summed E-state index contributed by atoms with van der Waals surface area (Å²) in [6, 6.07) is 17.8. The molecule has 0 spiro atoms. The van der Waals surface area contributed by atoms with Gasteiger partial charge in [-0.2, -0.15) is 0 Å². The number of aryl methyl sites for hydroxylation is 2. The molecule has 37 heavy (non-hydrogen) atoms. The van der Waals surface area contributed by atoms with Crippen molar-refractivity contribution in [3.8, 4) is 16.9 Å². The number of nitrogens with zero attached hydrogens (tertiary/aromatic N) is 4. The van der Waals surface area contributed by atoms with Crippen molar-refractivity contribution in [1.82, 2.24) is 20.1 Å². The molecule has 4 aromatic rings. The maximum atomic E-state index is 11.5. The highest BCUT2D eigenvalue weighted by atomic mass is 16.5. The van der Waals surface area contributed by atoms with Crippen molar-refractivity contribution in [2.24, 2.45) is 0 Å². The molecule has 190 valence electrons. The average Bonchev–Trinajstić information content (AvgIpc) is 3.40. The van der Waals surface area contributed by atoms with Gasteiger partial charge in [0, 0.05) is 24.8 Å². The van der Waals surface area contributed by atoms with E-state index in [4.69, 9.17) is 9.72 Å². The Morgan fingerprint density at radius 2 is 1.70 bits per heavy atom.